The zero-order valence-corrected chi connectivity index (χ0v) is 49.5. The Balaban J connectivity index is 0.00000160. The van der Waals surface area contributed by atoms with Gasteiger partial charge in [-0.2, -0.15) is 0 Å². The lowest BCUT2D eigenvalue weighted by Gasteiger charge is -2.32. The van der Waals surface area contributed by atoms with E-state index < -0.39 is 0 Å². The summed E-state index contributed by atoms with van der Waals surface area (Å²) in [6.07, 6.45) is 29.3. The summed E-state index contributed by atoms with van der Waals surface area (Å²) in [5, 5.41) is 8.69. The molecule has 1 aliphatic heterocycles. The molecule has 13 aromatic rings. The highest BCUT2D eigenvalue weighted by Gasteiger charge is 2.26. The fourth-order valence-electron chi connectivity index (χ4n) is 13.8. The van der Waals surface area contributed by atoms with Crippen molar-refractivity contribution in [1.82, 2.24) is 18.3 Å². The maximum absolute atomic E-state index is 4.59. The van der Waals surface area contributed by atoms with Crippen LogP contribution in [-0.4, -0.2) is 24.3 Å². The van der Waals surface area contributed by atoms with Gasteiger partial charge in [0, 0.05) is 90.0 Å². The molecule has 5 heteroatoms. The van der Waals surface area contributed by atoms with Crippen LogP contribution < -0.4 is 4.90 Å². The van der Waals surface area contributed by atoms with E-state index in [9.17, 15) is 0 Å². The Kier molecular flexibility index (Phi) is 14.1. The van der Waals surface area contributed by atoms with Crippen LogP contribution in [0.4, 0.5) is 5.69 Å². The Morgan fingerprint density at radius 1 is 0.500 bits per heavy atom. The number of aryl methyl sites for hydroxylation is 1. The molecule has 2 aliphatic carbocycles. The number of nitrogens with zero attached hydrogens (tertiary/aromatic N) is 5. The van der Waals surface area contributed by atoms with E-state index in [0.717, 1.165) is 63.9 Å². The molecule has 0 fully saturated rings. The first-order valence-corrected chi connectivity index (χ1v) is 30.7. The number of hydrogen-bond donors (Lipinski definition) is 0. The first-order valence-electron chi connectivity index (χ1n) is 30.7. The highest BCUT2D eigenvalue weighted by Crippen LogP contribution is 2.45. The Labute approximate surface area is 504 Å². The highest BCUT2D eigenvalue weighted by atomic mass is 15.1. The molecular formula is C81H69N5. The molecule has 0 bridgehead atoms. The van der Waals surface area contributed by atoms with Crippen LogP contribution >= 0.6 is 0 Å². The molecule has 0 saturated carbocycles. The van der Waals surface area contributed by atoms with Gasteiger partial charge < -0.3 is 23.2 Å². The van der Waals surface area contributed by atoms with Crippen molar-refractivity contribution in [3.05, 3.63) is 297 Å². The zero-order valence-electron chi connectivity index (χ0n) is 49.5. The summed E-state index contributed by atoms with van der Waals surface area (Å²) in [6, 6.07) is 72.3. The van der Waals surface area contributed by atoms with Gasteiger partial charge >= 0.3 is 0 Å². The van der Waals surface area contributed by atoms with Crippen LogP contribution in [0.2, 0.25) is 0 Å². The van der Waals surface area contributed by atoms with Gasteiger partial charge in [0.2, 0.25) is 0 Å². The SMILES string of the molecule is C=C/C=C(\Cn1c2ccccc2c2ccc3c4c(n(-c5ccccc5)c3c21)C=CCC4)c1ccc2c(c1)c1cc(-c3ccc(-n4c5ccccc5c5cc6c(cc54)C(=C)/C=C\C=C/N6C4C=CC=CC4)cc3)ccc1n2-c1ccccc1.CC.CC. The van der Waals surface area contributed by atoms with E-state index in [-0.39, 0.29) is 6.04 Å². The predicted molar refractivity (Wildman–Crippen MR) is 372 cm³/mol. The molecule has 0 N–H and O–H groups in total. The van der Waals surface area contributed by atoms with E-state index in [1.54, 1.807) is 0 Å². The van der Waals surface area contributed by atoms with Crippen LogP contribution in [0.15, 0.2) is 274 Å². The number of anilines is 1. The second-order valence-electron chi connectivity index (χ2n) is 22.0. The quantitative estimate of drug-likeness (QED) is 0.132. The Bertz CT molecular complexity index is 5000. The number of allylic oxidation sites excluding steroid dienone is 10. The molecule has 0 spiro atoms. The normalized spacial score (nSPS) is 15.4. The number of hydrogen-bond acceptors (Lipinski definition) is 1. The number of benzene rings is 9. The average molecular weight is 1110 g/mol. The molecule has 16 rings (SSSR count). The van der Waals surface area contributed by atoms with Gasteiger partial charge in [0.15, 0.2) is 0 Å². The van der Waals surface area contributed by atoms with E-state index in [0.29, 0.717) is 6.54 Å². The van der Waals surface area contributed by atoms with Gasteiger partial charge in [0.05, 0.1) is 39.1 Å². The Hall–Kier alpha value is -10.4. The maximum Gasteiger partial charge on any atom is 0.0782 e. The van der Waals surface area contributed by atoms with Crippen molar-refractivity contribution >= 4 is 99.2 Å². The molecule has 0 saturated heterocycles. The van der Waals surface area contributed by atoms with E-state index in [2.05, 4.69) is 297 Å². The van der Waals surface area contributed by atoms with E-state index in [1.807, 2.05) is 33.8 Å². The standard InChI is InChI=1S/C77H57N5.2C2H6/c1-3-21-55(50-79-69-32-16-13-29-60(69)63-41-42-64-61-30-14-18-34-71(61)82(77(64)76(63)79)58-27-11-6-12-28-58)54-38-44-73-67(47-54)66-46-53(37-43-72(66)80(73)57-25-9-5-10-26-57)52-35-39-59(40-36-52)81-70-33-17-15-31-62(70)68-49-74-65(48-75(68)81)51(2)22-19-20-45-78(74)56-23-7-4-8-24-56;2*1-2/h3-13,15-23,25-29,31-49,56H,1-2,14,24,30,50H2;2*1-2H3/b22-19-,45-20-,55-21+;;. The van der Waals surface area contributed by atoms with Crippen LogP contribution in [-0.2, 0) is 13.0 Å². The number of aromatic nitrogens is 4. The molecule has 0 amide bonds. The number of para-hydroxylation sites is 4. The zero-order chi connectivity index (χ0) is 58.4. The summed E-state index contributed by atoms with van der Waals surface area (Å²) in [4.78, 5) is 2.41. The summed E-state index contributed by atoms with van der Waals surface area (Å²) < 4.78 is 9.92. The topological polar surface area (TPSA) is 23.0 Å². The lowest BCUT2D eigenvalue weighted by molar-refractivity contribution is 0.779. The molecule has 9 aromatic carbocycles. The van der Waals surface area contributed by atoms with Gasteiger partial charge in [-0.15, -0.1) is 0 Å². The largest absolute Gasteiger partial charge is 0.340 e. The molecule has 4 aromatic heterocycles. The van der Waals surface area contributed by atoms with Crippen LogP contribution in [0.5, 0.6) is 0 Å². The van der Waals surface area contributed by atoms with Crippen molar-refractivity contribution in [3.8, 4) is 28.2 Å². The first kappa shape index (κ1) is 53.6. The third-order valence-corrected chi connectivity index (χ3v) is 17.5. The fraction of sp³-hybridized carbons (Fsp3) is 0.111. The van der Waals surface area contributed by atoms with Crippen molar-refractivity contribution in [3.63, 3.8) is 0 Å². The molecular weight excluding hydrogens is 1040 g/mol. The smallest absolute Gasteiger partial charge is 0.0782 e. The van der Waals surface area contributed by atoms with Gasteiger partial charge in [-0.25, -0.2) is 0 Å². The van der Waals surface area contributed by atoms with Crippen molar-refractivity contribution < 1.29 is 0 Å². The van der Waals surface area contributed by atoms with Crippen molar-refractivity contribution in [2.24, 2.45) is 0 Å². The fourth-order valence-corrected chi connectivity index (χ4v) is 13.8. The van der Waals surface area contributed by atoms with Gasteiger partial charge in [-0.3, -0.25) is 0 Å². The third-order valence-electron chi connectivity index (χ3n) is 17.5. The number of rotatable bonds is 9. The predicted octanol–water partition coefficient (Wildman–Crippen LogP) is 21.7. The lowest BCUT2D eigenvalue weighted by Crippen LogP contribution is -2.30. The number of fused-ring (bicyclic) bond motifs is 14. The van der Waals surface area contributed by atoms with Gasteiger partial charge in [-0.05, 0) is 150 Å². The molecule has 1 unspecified atom stereocenters. The van der Waals surface area contributed by atoms with Crippen LogP contribution in [0.1, 0.15) is 62.9 Å². The Morgan fingerprint density at radius 2 is 1.13 bits per heavy atom. The molecule has 3 aliphatic rings. The van der Waals surface area contributed by atoms with Crippen LogP contribution in [0.3, 0.4) is 0 Å². The van der Waals surface area contributed by atoms with Crippen LogP contribution in [0, 0.1) is 0 Å². The molecule has 86 heavy (non-hydrogen) atoms. The summed E-state index contributed by atoms with van der Waals surface area (Å²) in [6.45, 7) is 17.6. The summed E-state index contributed by atoms with van der Waals surface area (Å²) in [5.41, 5.74) is 22.5. The van der Waals surface area contributed by atoms with E-state index in [4.69, 9.17) is 0 Å². The molecule has 418 valence electrons. The Morgan fingerprint density at radius 3 is 1.87 bits per heavy atom. The second kappa shape index (κ2) is 22.7. The minimum atomic E-state index is 0.215. The van der Waals surface area contributed by atoms with E-state index >= 15 is 0 Å². The van der Waals surface area contributed by atoms with Gasteiger partial charge in [-0.1, -0.05) is 205 Å². The van der Waals surface area contributed by atoms with Crippen molar-refractivity contribution in [2.45, 2.75) is 59.5 Å². The molecule has 5 heterocycles. The van der Waals surface area contributed by atoms with Crippen molar-refractivity contribution in [1.29, 1.82) is 0 Å². The monoisotopic (exact) mass is 1110 g/mol. The summed E-state index contributed by atoms with van der Waals surface area (Å²) in [7, 11) is 0. The molecule has 5 nitrogen and oxygen atoms in total. The molecule has 0 radical (unpaired) electrons. The second-order valence-corrected chi connectivity index (χ2v) is 22.0. The minimum Gasteiger partial charge on any atom is -0.340 e. The van der Waals surface area contributed by atoms with Gasteiger partial charge in [0.25, 0.3) is 0 Å². The summed E-state index contributed by atoms with van der Waals surface area (Å²) in [5.74, 6) is 0. The van der Waals surface area contributed by atoms with Crippen LogP contribution in [0.25, 0.3) is 122 Å². The lowest BCUT2D eigenvalue weighted by atomic mass is 9.97. The highest BCUT2D eigenvalue weighted by molar-refractivity contribution is 6.19. The third kappa shape index (κ3) is 8.84. The van der Waals surface area contributed by atoms with Gasteiger partial charge in [0.1, 0.15) is 0 Å². The van der Waals surface area contributed by atoms with E-state index in [1.165, 1.54) is 99.1 Å². The average Bonchev–Trinajstić information content (AvgIpc) is 1.70. The summed E-state index contributed by atoms with van der Waals surface area (Å²) >= 11 is 0. The first-order chi connectivity index (χ1) is 42.6. The minimum absolute atomic E-state index is 0.215. The maximum atomic E-state index is 4.59. The molecule has 1 atom stereocenters. The van der Waals surface area contributed by atoms with Crippen molar-refractivity contribution in [2.75, 3.05) is 4.90 Å².